The minimum absolute atomic E-state index is 0.236. The smallest absolute Gasteiger partial charge is 0.263 e. The van der Waals surface area contributed by atoms with Crippen molar-refractivity contribution in [3.63, 3.8) is 0 Å². The third kappa shape index (κ3) is 3.37. The molecule has 5 nitrogen and oxygen atoms in total. The van der Waals surface area contributed by atoms with Crippen LogP contribution in [0.2, 0.25) is 0 Å². The van der Waals surface area contributed by atoms with Crippen molar-refractivity contribution >= 4 is 36.7 Å². The van der Waals surface area contributed by atoms with Gasteiger partial charge in [0.05, 0.1) is 21.7 Å². The Morgan fingerprint density at radius 3 is 2.62 bits per heavy atom. The number of rotatable bonds is 5. The molecule has 0 aliphatic heterocycles. The second-order valence-electron chi connectivity index (χ2n) is 5.43. The van der Waals surface area contributed by atoms with Crippen LogP contribution >= 0.6 is 11.3 Å². The van der Waals surface area contributed by atoms with Crippen LogP contribution in [0, 0.1) is 13.8 Å². The van der Waals surface area contributed by atoms with Crippen LogP contribution in [0.4, 0.5) is 5.13 Å². The summed E-state index contributed by atoms with van der Waals surface area (Å²) in [5.74, 6) is 0.747. The summed E-state index contributed by atoms with van der Waals surface area (Å²) < 4.78 is 34.0. The summed E-state index contributed by atoms with van der Waals surface area (Å²) in [7, 11) is -3.65. The molecule has 0 aliphatic rings. The van der Waals surface area contributed by atoms with E-state index >= 15 is 0 Å². The third-order valence-corrected chi connectivity index (χ3v) is 6.08. The zero-order valence-corrected chi connectivity index (χ0v) is 15.3. The molecule has 1 aromatic heterocycles. The molecular weight excluding hydrogens is 344 g/mol. The number of ether oxygens (including phenoxy) is 1. The van der Waals surface area contributed by atoms with Crippen molar-refractivity contribution in [2.24, 2.45) is 0 Å². The summed E-state index contributed by atoms with van der Waals surface area (Å²) in [5, 5.41) is 0.344. The van der Waals surface area contributed by atoms with E-state index < -0.39 is 10.0 Å². The average molecular weight is 362 g/mol. The molecule has 2 aromatic carbocycles. The van der Waals surface area contributed by atoms with E-state index in [-0.39, 0.29) is 4.90 Å². The number of anilines is 1. The summed E-state index contributed by atoms with van der Waals surface area (Å²) in [6.07, 6.45) is 0. The summed E-state index contributed by atoms with van der Waals surface area (Å²) in [6.45, 7) is 6.33. The van der Waals surface area contributed by atoms with Crippen molar-refractivity contribution in [2.75, 3.05) is 11.3 Å². The SMILES string of the molecule is CCOc1ccc2nc(NS(=O)(=O)c3ccc(C)c(C)c3)sc2c1. The van der Waals surface area contributed by atoms with E-state index in [4.69, 9.17) is 4.74 Å². The van der Waals surface area contributed by atoms with Crippen molar-refractivity contribution in [2.45, 2.75) is 25.7 Å². The van der Waals surface area contributed by atoms with Crippen LogP contribution in [0.25, 0.3) is 10.2 Å². The molecule has 1 heterocycles. The van der Waals surface area contributed by atoms with Gasteiger partial charge in [-0.15, -0.1) is 0 Å². The highest BCUT2D eigenvalue weighted by molar-refractivity contribution is 7.93. The van der Waals surface area contributed by atoms with Gasteiger partial charge in [-0.05, 0) is 62.2 Å². The second-order valence-corrected chi connectivity index (χ2v) is 8.15. The van der Waals surface area contributed by atoms with Gasteiger partial charge in [0.25, 0.3) is 10.0 Å². The fraction of sp³-hybridized carbons (Fsp3) is 0.235. The van der Waals surface area contributed by atoms with Crippen LogP contribution in [0.3, 0.4) is 0 Å². The minimum Gasteiger partial charge on any atom is -0.494 e. The van der Waals surface area contributed by atoms with Crippen molar-refractivity contribution in [1.29, 1.82) is 0 Å². The highest BCUT2D eigenvalue weighted by Gasteiger charge is 2.17. The van der Waals surface area contributed by atoms with E-state index in [1.54, 1.807) is 18.2 Å². The fourth-order valence-electron chi connectivity index (χ4n) is 2.26. The second kappa shape index (κ2) is 6.41. The van der Waals surface area contributed by atoms with Gasteiger partial charge in [-0.3, -0.25) is 4.72 Å². The summed E-state index contributed by atoms with van der Waals surface area (Å²) in [4.78, 5) is 4.57. The zero-order valence-electron chi connectivity index (χ0n) is 13.7. The number of nitrogens with zero attached hydrogens (tertiary/aromatic N) is 1. The van der Waals surface area contributed by atoms with E-state index in [0.717, 1.165) is 27.1 Å². The van der Waals surface area contributed by atoms with Crippen LogP contribution in [0.1, 0.15) is 18.1 Å². The van der Waals surface area contributed by atoms with E-state index in [0.29, 0.717) is 11.7 Å². The number of sulfonamides is 1. The third-order valence-electron chi connectivity index (χ3n) is 3.68. The van der Waals surface area contributed by atoms with Crippen LogP contribution in [0.5, 0.6) is 5.75 Å². The van der Waals surface area contributed by atoms with Crippen molar-refractivity contribution in [1.82, 2.24) is 4.98 Å². The Kier molecular flexibility index (Phi) is 4.47. The van der Waals surface area contributed by atoms with E-state index in [2.05, 4.69) is 9.71 Å². The first-order valence-electron chi connectivity index (χ1n) is 7.52. The Morgan fingerprint density at radius 1 is 1.12 bits per heavy atom. The molecule has 0 saturated heterocycles. The molecule has 0 bridgehead atoms. The van der Waals surface area contributed by atoms with Gasteiger partial charge in [-0.1, -0.05) is 17.4 Å². The normalized spacial score (nSPS) is 11.6. The van der Waals surface area contributed by atoms with Gasteiger partial charge >= 0.3 is 0 Å². The van der Waals surface area contributed by atoms with Gasteiger partial charge in [-0.2, -0.15) is 0 Å². The lowest BCUT2D eigenvalue weighted by Gasteiger charge is -2.07. The molecule has 126 valence electrons. The van der Waals surface area contributed by atoms with Crippen molar-refractivity contribution in [3.8, 4) is 5.75 Å². The predicted molar refractivity (Wildman–Crippen MR) is 97.5 cm³/mol. The summed E-state index contributed by atoms with van der Waals surface area (Å²) in [6, 6.07) is 10.6. The molecule has 24 heavy (non-hydrogen) atoms. The first kappa shape index (κ1) is 16.7. The average Bonchev–Trinajstić information content (AvgIpc) is 2.91. The van der Waals surface area contributed by atoms with E-state index in [1.165, 1.54) is 11.3 Å². The van der Waals surface area contributed by atoms with Gasteiger partial charge < -0.3 is 4.74 Å². The number of aromatic nitrogens is 1. The Hall–Kier alpha value is -2.12. The van der Waals surface area contributed by atoms with Gasteiger partial charge in [0, 0.05) is 0 Å². The fourth-order valence-corrected chi connectivity index (χ4v) is 4.47. The standard InChI is InChI=1S/C17H18N2O3S2/c1-4-22-13-6-8-15-16(10-13)23-17(18-15)19-24(20,21)14-7-5-11(2)12(3)9-14/h5-10H,4H2,1-3H3,(H,18,19). The molecule has 0 spiro atoms. The first-order chi connectivity index (χ1) is 11.4. The molecule has 3 rings (SSSR count). The lowest BCUT2D eigenvalue weighted by Crippen LogP contribution is -2.13. The number of thiazole rings is 1. The van der Waals surface area contributed by atoms with E-state index in [1.807, 2.05) is 39.0 Å². The Bertz CT molecular complexity index is 994. The number of aryl methyl sites for hydroxylation is 2. The van der Waals surface area contributed by atoms with Crippen LogP contribution in [-0.4, -0.2) is 20.0 Å². The topological polar surface area (TPSA) is 68.3 Å². The number of hydrogen-bond donors (Lipinski definition) is 1. The quantitative estimate of drug-likeness (QED) is 0.741. The zero-order chi connectivity index (χ0) is 17.3. The maximum absolute atomic E-state index is 12.5. The predicted octanol–water partition coefficient (Wildman–Crippen LogP) is 4.11. The van der Waals surface area contributed by atoms with E-state index in [9.17, 15) is 8.42 Å². The number of benzene rings is 2. The molecule has 1 N–H and O–H groups in total. The number of hydrogen-bond acceptors (Lipinski definition) is 5. The van der Waals surface area contributed by atoms with Gasteiger partial charge in [-0.25, -0.2) is 13.4 Å². The monoisotopic (exact) mass is 362 g/mol. The molecule has 0 amide bonds. The molecule has 0 fully saturated rings. The highest BCUT2D eigenvalue weighted by atomic mass is 32.2. The number of nitrogens with one attached hydrogen (secondary N) is 1. The summed E-state index contributed by atoms with van der Waals surface area (Å²) >= 11 is 1.28. The van der Waals surface area contributed by atoms with Crippen molar-refractivity contribution < 1.29 is 13.2 Å². The minimum atomic E-state index is -3.65. The Morgan fingerprint density at radius 2 is 1.92 bits per heavy atom. The maximum Gasteiger partial charge on any atom is 0.263 e. The van der Waals surface area contributed by atoms with Gasteiger partial charge in [0.1, 0.15) is 5.75 Å². The lowest BCUT2D eigenvalue weighted by atomic mass is 10.1. The van der Waals surface area contributed by atoms with Crippen molar-refractivity contribution in [3.05, 3.63) is 47.5 Å². The molecule has 7 heteroatoms. The Labute approximate surface area is 145 Å². The molecule has 0 aliphatic carbocycles. The lowest BCUT2D eigenvalue weighted by molar-refractivity contribution is 0.341. The molecule has 3 aromatic rings. The molecular formula is C17H18N2O3S2. The maximum atomic E-state index is 12.5. The first-order valence-corrected chi connectivity index (χ1v) is 9.82. The Balaban J connectivity index is 1.91. The summed E-state index contributed by atoms with van der Waals surface area (Å²) in [5.41, 5.74) is 2.72. The van der Waals surface area contributed by atoms with Crippen LogP contribution in [0.15, 0.2) is 41.3 Å². The molecule has 0 unspecified atom stereocenters. The highest BCUT2D eigenvalue weighted by Crippen LogP contribution is 2.30. The number of fused-ring (bicyclic) bond motifs is 1. The van der Waals surface area contributed by atoms with Gasteiger partial charge in [0.15, 0.2) is 5.13 Å². The molecule has 0 saturated carbocycles. The molecule has 0 radical (unpaired) electrons. The largest absolute Gasteiger partial charge is 0.494 e. The van der Waals surface area contributed by atoms with Gasteiger partial charge in [0.2, 0.25) is 0 Å². The van der Waals surface area contributed by atoms with Crippen LogP contribution in [-0.2, 0) is 10.0 Å². The van der Waals surface area contributed by atoms with Crippen LogP contribution < -0.4 is 9.46 Å². The molecule has 0 atom stereocenters.